The standard InChI is InChI=1S/C11H17NO2/c1-9(8-13)12-7-11(14)10-5-3-2-4-6-10/h2-6,9,11-14H,7-8H2,1H3/t9?,11-/m0/s1. The molecule has 3 N–H and O–H groups in total. The minimum Gasteiger partial charge on any atom is -0.395 e. The lowest BCUT2D eigenvalue weighted by Crippen LogP contribution is -2.32. The fourth-order valence-corrected chi connectivity index (χ4v) is 1.17. The first kappa shape index (κ1) is 11.2. The number of nitrogens with one attached hydrogen (secondary N) is 1. The second kappa shape index (κ2) is 5.75. The van der Waals surface area contributed by atoms with Crippen LogP contribution in [0.4, 0.5) is 0 Å². The molecule has 0 saturated heterocycles. The first-order valence-corrected chi connectivity index (χ1v) is 4.81. The van der Waals surface area contributed by atoms with Crippen LogP contribution in [0.25, 0.3) is 0 Å². The summed E-state index contributed by atoms with van der Waals surface area (Å²) in [5, 5.41) is 21.5. The summed E-state index contributed by atoms with van der Waals surface area (Å²) in [5.74, 6) is 0. The number of rotatable bonds is 5. The van der Waals surface area contributed by atoms with Crippen LogP contribution in [0.15, 0.2) is 30.3 Å². The second-order valence-electron chi connectivity index (χ2n) is 3.42. The monoisotopic (exact) mass is 195 g/mol. The summed E-state index contributed by atoms with van der Waals surface area (Å²) in [7, 11) is 0. The van der Waals surface area contributed by atoms with Gasteiger partial charge in [-0.2, -0.15) is 0 Å². The Bertz CT molecular complexity index is 251. The van der Waals surface area contributed by atoms with Crippen LogP contribution in [0.2, 0.25) is 0 Å². The Morgan fingerprint density at radius 3 is 2.50 bits per heavy atom. The summed E-state index contributed by atoms with van der Waals surface area (Å²) in [5.41, 5.74) is 0.894. The maximum atomic E-state index is 9.72. The van der Waals surface area contributed by atoms with Crippen molar-refractivity contribution in [3.8, 4) is 0 Å². The zero-order valence-corrected chi connectivity index (χ0v) is 8.35. The van der Waals surface area contributed by atoms with E-state index in [0.717, 1.165) is 5.56 Å². The minimum absolute atomic E-state index is 0.0216. The maximum Gasteiger partial charge on any atom is 0.0914 e. The van der Waals surface area contributed by atoms with Gasteiger partial charge in [-0.05, 0) is 12.5 Å². The summed E-state index contributed by atoms with van der Waals surface area (Å²) in [4.78, 5) is 0. The van der Waals surface area contributed by atoms with Gasteiger partial charge in [-0.1, -0.05) is 30.3 Å². The SMILES string of the molecule is CC(CO)NC[C@H](O)c1ccccc1. The van der Waals surface area contributed by atoms with Crippen LogP contribution in [0.1, 0.15) is 18.6 Å². The molecule has 0 aliphatic heterocycles. The predicted molar refractivity (Wildman–Crippen MR) is 56.0 cm³/mol. The Morgan fingerprint density at radius 1 is 1.29 bits per heavy atom. The van der Waals surface area contributed by atoms with E-state index in [2.05, 4.69) is 5.32 Å². The molecular formula is C11H17NO2. The summed E-state index contributed by atoms with van der Waals surface area (Å²) in [6.45, 7) is 2.42. The van der Waals surface area contributed by atoms with Crippen molar-refractivity contribution in [1.29, 1.82) is 0 Å². The average Bonchev–Trinajstić information content (AvgIpc) is 2.26. The predicted octanol–water partition coefficient (Wildman–Crippen LogP) is 0.690. The summed E-state index contributed by atoms with van der Waals surface area (Å²) in [6, 6.07) is 9.50. The highest BCUT2D eigenvalue weighted by Crippen LogP contribution is 2.10. The van der Waals surface area contributed by atoms with E-state index in [1.54, 1.807) is 0 Å². The summed E-state index contributed by atoms with van der Waals surface area (Å²) >= 11 is 0. The molecule has 0 radical (unpaired) electrons. The molecule has 3 nitrogen and oxygen atoms in total. The van der Waals surface area contributed by atoms with Crippen molar-refractivity contribution in [2.45, 2.75) is 19.1 Å². The van der Waals surface area contributed by atoms with Gasteiger partial charge in [-0.15, -0.1) is 0 Å². The molecule has 0 aliphatic carbocycles. The van der Waals surface area contributed by atoms with Crippen molar-refractivity contribution in [1.82, 2.24) is 5.32 Å². The van der Waals surface area contributed by atoms with Gasteiger partial charge in [0.05, 0.1) is 12.7 Å². The molecule has 78 valence electrons. The molecular weight excluding hydrogens is 178 g/mol. The van der Waals surface area contributed by atoms with Gasteiger partial charge in [0, 0.05) is 12.6 Å². The molecule has 0 heterocycles. The fraction of sp³-hybridized carbons (Fsp3) is 0.455. The number of benzene rings is 1. The molecule has 0 amide bonds. The van der Waals surface area contributed by atoms with Crippen LogP contribution in [0, 0.1) is 0 Å². The van der Waals surface area contributed by atoms with E-state index in [0.29, 0.717) is 6.54 Å². The normalized spacial score (nSPS) is 15.1. The van der Waals surface area contributed by atoms with E-state index in [-0.39, 0.29) is 12.6 Å². The third kappa shape index (κ3) is 3.46. The molecule has 2 atom stereocenters. The number of hydrogen-bond acceptors (Lipinski definition) is 3. The average molecular weight is 195 g/mol. The highest BCUT2D eigenvalue weighted by Gasteiger charge is 2.07. The smallest absolute Gasteiger partial charge is 0.0914 e. The maximum absolute atomic E-state index is 9.72. The molecule has 14 heavy (non-hydrogen) atoms. The molecule has 0 aromatic heterocycles. The van der Waals surface area contributed by atoms with Gasteiger partial charge in [-0.25, -0.2) is 0 Å². The lowest BCUT2D eigenvalue weighted by molar-refractivity contribution is 0.161. The van der Waals surface area contributed by atoms with E-state index < -0.39 is 6.10 Å². The summed E-state index contributed by atoms with van der Waals surface area (Å²) < 4.78 is 0. The Balaban J connectivity index is 2.39. The van der Waals surface area contributed by atoms with Crippen LogP contribution >= 0.6 is 0 Å². The van der Waals surface area contributed by atoms with E-state index in [1.807, 2.05) is 37.3 Å². The second-order valence-corrected chi connectivity index (χ2v) is 3.42. The molecule has 1 aromatic carbocycles. The van der Waals surface area contributed by atoms with Crippen molar-refractivity contribution < 1.29 is 10.2 Å². The lowest BCUT2D eigenvalue weighted by Gasteiger charge is -2.15. The molecule has 3 heteroatoms. The van der Waals surface area contributed by atoms with Gasteiger partial charge in [0.1, 0.15) is 0 Å². The third-order valence-corrected chi connectivity index (χ3v) is 2.12. The van der Waals surface area contributed by atoms with Gasteiger partial charge in [-0.3, -0.25) is 0 Å². The van der Waals surface area contributed by atoms with Crippen molar-refractivity contribution in [3.05, 3.63) is 35.9 Å². The van der Waals surface area contributed by atoms with Gasteiger partial charge in [0.25, 0.3) is 0 Å². The topological polar surface area (TPSA) is 52.5 Å². The molecule has 0 spiro atoms. The molecule has 0 saturated carbocycles. The first-order chi connectivity index (χ1) is 6.74. The van der Waals surface area contributed by atoms with Crippen molar-refractivity contribution in [2.24, 2.45) is 0 Å². The Kier molecular flexibility index (Phi) is 4.59. The molecule has 0 fully saturated rings. The van der Waals surface area contributed by atoms with Crippen LogP contribution < -0.4 is 5.32 Å². The Labute approximate surface area is 84.4 Å². The van der Waals surface area contributed by atoms with Crippen molar-refractivity contribution in [3.63, 3.8) is 0 Å². The van der Waals surface area contributed by atoms with E-state index in [4.69, 9.17) is 5.11 Å². The number of aliphatic hydroxyl groups excluding tert-OH is 2. The van der Waals surface area contributed by atoms with Gasteiger partial charge >= 0.3 is 0 Å². The van der Waals surface area contributed by atoms with E-state index >= 15 is 0 Å². The highest BCUT2D eigenvalue weighted by molar-refractivity contribution is 5.17. The molecule has 1 aromatic rings. The van der Waals surface area contributed by atoms with Crippen LogP contribution in [-0.4, -0.2) is 29.4 Å². The molecule has 0 aliphatic rings. The largest absolute Gasteiger partial charge is 0.395 e. The lowest BCUT2D eigenvalue weighted by atomic mass is 10.1. The summed E-state index contributed by atoms with van der Waals surface area (Å²) in [6.07, 6.45) is -0.509. The van der Waals surface area contributed by atoms with Crippen LogP contribution in [-0.2, 0) is 0 Å². The van der Waals surface area contributed by atoms with Crippen LogP contribution in [0.3, 0.4) is 0 Å². The number of aliphatic hydroxyl groups is 2. The van der Waals surface area contributed by atoms with E-state index in [9.17, 15) is 5.11 Å². The third-order valence-electron chi connectivity index (χ3n) is 2.12. The quantitative estimate of drug-likeness (QED) is 0.648. The van der Waals surface area contributed by atoms with Gasteiger partial charge < -0.3 is 15.5 Å². The molecule has 1 unspecified atom stereocenters. The molecule has 0 bridgehead atoms. The van der Waals surface area contributed by atoms with Crippen LogP contribution in [0.5, 0.6) is 0 Å². The zero-order chi connectivity index (χ0) is 10.4. The fourth-order valence-electron chi connectivity index (χ4n) is 1.17. The van der Waals surface area contributed by atoms with Gasteiger partial charge in [0.2, 0.25) is 0 Å². The van der Waals surface area contributed by atoms with Crippen molar-refractivity contribution in [2.75, 3.05) is 13.2 Å². The molecule has 1 rings (SSSR count). The zero-order valence-electron chi connectivity index (χ0n) is 8.35. The number of hydrogen-bond donors (Lipinski definition) is 3. The van der Waals surface area contributed by atoms with Gasteiger partial charge in [0.15, 0.2) is 0 Å². The first-order valence-electron chi connectivity index (χ1n) is 4.81. The Hall–Kier alpha value is -0.900. The minimum atomic E-state index is -0.509. The van der Waals surface area contributed by atoms with E-state index in [1.165, 1.54) is 0 Å². The highest BCUT2D eigenvalue weighted by atomic mass is 16.3. The Morgan fingerprint density at radius 2 is 1.93 bits per heavy atom. The van der Waals surface area contributed by atoms with Crippen molar-refractivity contribution >= 4 is 0 Å².